The van der Waals surface area contributed by atoms with Crippen LogP contribution in [0.15, 0.2) is 12.7 Å². The van der Waals surface area contributed by atoms with Gasteiger partial charge in [0.05, 0.1) is 0 Å². The van der Waals surface area contributed by atoms with Crippen LogP contribution in [-0.4, -0.2) is 11.7 Å². The maximum absolute atomic E-state index is 9.41. The summed E-state index contributed by atoms with van der Waals surface area (Å²) in [7, 11) is 0. The first-order valence-electron chi connectivity index (χ1n) is 1.45. The summed E-state index contributed by atoms with van der Waals surface area (Å²) in [5.74, 6) is 0. The highest BCUT2D eigenvalue weighted by molar-refractivity contribution is 6.28. The Morgan fingerprint density at radius 3 is 2.50 bits per heavy atom. The van der Waals surface area contributed by atoms with E-state index < -0.39 is 5.38 Å². The van der Waals surface area contributed by atoms with Crippen molar-refractivity contribution in [1.82, 2.24) is 0 Å². The van der Waals surface area contributed by atoms with E-state index >= 15 is 0 Å². The monoisotopic (exact) mass is 103 g/mol. The molecule has 0 aromatic rings. The molecule has 0 spiro atoms. The van der Waals surface area contributed by atoms with Gasteiger partial charge in [0.2, 0.25) is 6.29 Å². The van der Waals surface area contributed by atoms with E-state index in [1.807, 2.05) is 0 Å². The van der Waals surface area contributed by atoms with E-state index in [2.05, 4.69) is 6.58 Å². The van der Waals surface area contributed by atoms with Crippen molar-refractivity contribution in [1.29, 1.82) is 0 Å². The molecule has 1 nitrogen and oxygen atoms in total. The lowest BCUT2D eigenvalue weighted by Crippen LogP contribution is -1.89. The third-order valence-electron chi connectivity index (χ3n) is 0.320. The van der Waals surface area contributed by atoms with Crippen molar-refractivity contribution in [2.75, 3.05) is 0 Å². The van der Waals surface area contributed by atoms with Crippen molar-refractivity contribution in [3.8, 4) is 0 Å². The number of rotatable bonds is 2. The zero-order valence-corrected chi connectivity index (χ0v) is 3.90. The molecule has 0 saturated heterocycles. The Morgan fingerprint density at radius 1 is 2.00 bits per heavy atom. The van der Waals surface area contributed by atoms with Gasteiger partial charge in [-0.05, 0) is 0 Å². The molecule has 0 amide bonds. The average Bonchev–Trinajstić information content (AvgIpc) is 1.65. The lowest BCUT2D eigenvalue weighted by molar-refractivity contribution is 0.556. The van der Waals surface area contributed by atoms with Gasteiger partial charge in [-0.15, -0.1) is 18.2 Å². The number of allylic oxidation sites excluding steroid dienone is 1. The second-order valence-electron chi connectivity index (χ2n) is 0.755. The molecule has 33 valence electrons. The quantitative estimate of drug-likeness (QED) is 0.375. The molecule has 1 radical (unpaired) electrons. The van der Waals surface area contributed by atoms with Crippen LogP contribution in [0.1, 0.15) is 0 Å². The Labute approximate surface area is 41.6 Å². The Bertz CT molecular complexity index is 52.6. The third kappa shape index (κ3) is 1.97. The van der Waals surface area contributed by atoms with Gasteiger partial charge in [0.25, 0.3) is 0 Å². The van der Waals surface area contributed by atoms with E-state index in [0.717, 1.165) is 0 Å². The average molecular weight is 104 g/mol. The zero-order chi connectivity index (χ0) is 4.99. The van der Waals surface area contributed by atoms with Gasteiger partial charge in [0, 0.05) is 0 Å². The molecule has 0 aromatic carbocycles. The maximum Gasteiger partial charge on any atom is 0.221 e. The van der Waals surface area contributed by atoms with Gasteiger partial charge in [-0.1, -0.05) is 6.08 Å². The van der Waals surface area contributed by atoms with Gasteiger partial charge in [-0.3, -0.25) is 4.79 Å². The SMILES string of the molecule is C=CC(Cl)[C]=O. The van der Waals surface area contributed by atoms with Crippen LogP contribution < -0.4 is 0 Å². The first kappa shape index (κ1) is 5.70. The molecule has 0 heterocycles. The molecular weight excluding hydrogens is 99.5 g/mol. The van der Waals surface area contributed by atoms with E-state index in [1.54, 1.807) is 0 Å². The predicted octanol–water partition coefficient (Wildman–Crippen LogP) is 0.889. The zero-order valence-electron chi connectivity index (χ0n) is 3.15. The lowest BCUT2D eigenvalue weighted by atomic mass is 10.5. The standard InChI is InChI=1S/C4H4ClO/c1-2-4(5)3-6/h2,4H,1H2. The van der Waals surface area contributed by atoms with E-state index in [0.29, 0.717) is 0 Å². The van der Waals surface area contributed by atoms with Gasteiger partial charge >= 0.3 is 0 Å². The van der Waals surface area contributed by atoms with Crippen LogP contribution >= 0.6 is 11.6 Å². The minimum absolute atomic E-state index is 0.634. The van der Waals surface area contributed by atoms with Crippen LogP contribution in [0.25, 0.3) is 0 Å². The summed E-state index contributed by atoms with van der Waals surface area (Å²) in [4.78, 5) is 9.41. The lowest BCUT2D eigenvalue weighted by Gasteiger charge is -1.78. The Morgan fingerprint density at radius 2 is 2.50 bits per heavy atom. The predicted molar refractivity (Wildman–Crippen MR) is 25.5 cm³/mol. The van der Waals surface area contributed by atoms with E-state index in [-0.39, 0.29) is 0 Å². The van der Waals surface area contributed by atoms with Crippen LogP contribution in [0.3, 0.4) is 0 Å². The molecule has 6 heavy (non-hydrogen) atoms. The summed E-state index contributed by atoms with van der Waals surface area (Å²) in [6.45, 7) is 3.24. The van der Waals surface area contributed by atoms with Crippen LogP contribution in [0, 0.1) is 0 Å². The van der Waals surface area contributed by atoms with Crippen molar-refractivity contribution in [2.24, 2.45) is 0 Å². The summed E-state index contributed by atoms with van der Waals surface area (Å²) in [6, 6.07) is 0. The van der Waals surface area contributed by atoms with Crippen LogP contribution in [0.5, 0.6) is 0 Å². The highest BCUT2D eigenvalue weighted by Crippen LogP contribution is 1.87. The van der Waals surface area contributed by atoms with Gasteiger partial charge in [-0.25, -0.2) is 0 Å². The maximum atomic E-state index is 9.41. The smallest absolute Gasteiger partial charge is 0.221 e. The molecule has 0 saturated carbocycles. The fourth-order valence-electron chi connectivity index (χ4n) is 0.0481. The number of carbonyl (C=O) groups excluding carboxylic acids is 1. The second kappa shape index (κ2) is 2.91. The first-order chi connectivity index (χ1) is 2.81. The summed E-state index contributed by atoms with van der Waals surface area (Å²) in [5, 5.41) is -0.634. The van der Waals surface area contributed by atoms with E-state index in [4.69, 9.17) is 11.6 Å². The van der Waals surface area contributed by atoms with Gasteiger partial charge < -0.3 is 0 Å². The topological polar surface area (TPSA) is 17.1 Å². The molecule has 0 aromatic heterocycles. The summed E-state index contributed by atoms with van der Waals surface area (Å²) < 4.78 is 0. The van der Waals surface area contributed by atoms with Gasteiger partial charge in [0.1, 0.15) is 5.38 Å². The van der Waals surface area contributed by atoms with Crippen LogP contribution in [-0.2, 0) is 4.79 Å². The largest absolute Gasteiger partial charge is 0.289 e. The van der Waals surface area contributed by atoms with Crippen molar-refractivity contribution in [2.45, 2.75) is 5.38 Å². The minimum Gasteiger partial charge on any atom is -0.289 e. The molecule has 0 aliphatic heterocycles. The van der Waals surface area contributed by atoms with Crippen molar-refractivity contribution in [3.63, 3.8) is 0 Å². The highest BCUT2D eigenvalue weighted by atomic mass is 35.5. The Kier molecular flexibility index (Phi) is 2.77. The molecule has 0 aliphatic carbocycles. The number of halogens is 1. The van der Waals surface area contributed by atoms with Gasteiger partial charge in [0.15, 0.2) is 0 Å². The fourth-order valence-corrected chi connectivity index (χ4v) is 0.0481. The summed E-state index contributed by atoms with van der Waals surface area (Å²) >= 11 is 5.11. The molecule has 0 rings (SSSR count). The van der Waals surface area contributed by atoms with Crippen molar-refractivity contribution < 1.29 is 4.79 Å². The third-order valence-corrected chi connectivity index (χ3v) is 0.587. The molecule has 0 aliphatic rings. The summed E-state index contributed by atoms with van der Waals surface area (Å²) in [5.41, 5.74) is 0. The Hall–Kier alpha value is -0.300. The number of hydrogen-bond acceptors (Lipinski definition) is 1. The molecular formula is C4H4ClO. The first-order valence-corrected chi connectivity index (χ1v) is 1.89. The normalized spacial score (nSPS) is 12.8. The Balaban J connectivity index is 3.21. The molecule has 1 unspecified atom stereocenters. The van der Waals surface area contributed by atoms with Crippen LogP contribution in [0.2, 0.25) is 0 Å². The summed E-state index contributed by atoms with van der Waals surface area (Å²) in [6.07, 6.45) is 2.83. The second-order valence-corrected chi connectivity index (χ2v) is 1.23. The van der Waals surface area contributed by atoms with Crippen molar-refractivity contribution >= 4 is 17.9 Å². The van der Waals surface area contributed by atoms with Crippen molar-refractivity contribution in [3.05, 3.63) is 12.7 Å². The number of alkyl halides is 1. The van der Waals surface area contributed by atoms with Gasteiger partial charge in [-0.2, -0.15) is 0 Å². The molecule has 2 heteroatoms. The van der Waals surface area contributed by atoms with Crippen LogP contribution in [0.4, 0.5) is 0 Å². The van der Waals surface area contributed by atoms with E-state index in [9.17, 15) is 4.79 Å². The molecule has 0 fully saturated rings. The minimum atomic E-state index is -0.634. The fraction of sp³-hybridized carbons (Fsp3) is 0.250. The van der Waals surface area contributed by atoms with E-state index in [1.165, 1.54) is 12.4 Å². The molecule has 0 bridgehead atoms. The highest BCUT2D eigenvalue weighted by Gasteiger charge is 1.90. The molecule has 1 atom stereocenters. The number of hydrogen-bond donors (Lipinski definition) is 0. The molecule has 0 N–H and O–H groups in total.